The second-order valence-electron chi connectivity index (χ2n) is 7.63. The predicted molar refractivity (Wildman–Crippen MR) is 115 cm³/mol. The van der Waals surface area contributed by atoms with Gasteiger partial charge in [0.15, 0.2) is 5.82 Å². The van der Waals surface area contributed by atoms with Crippen molar-refractivity contribution in [3.05, 3.63) is 70.6 Å². The Bertz CT molecular complexity index is 1260. The van der Waals surface area contributed by atoms with Crippen molar-refractivity contribution < 1.29 is 22.1 Å². The van der Waals surface area contributed by atoms with Gasteiger partial charge in [-0.05, 0) is 55.3 Å². The second-order valence-corrected chi connectivity index (χ2v) is 9.72. The van der Waals surface area contributed by atoms with Crippen LogP contribution >= 0.6 is 11.6 Å². The van der Waals surface area contributed by atoms with Crippen molar-refractivity contribution in [2.45, 2.75) is 43.0 Å². The van der Waals surface area contributed by atoms with Gasteiger partial charge in [-0.15, -0.1) is 0 Å². The van der Waals surface area contributed by atoms with Crippen LogP contribution in [-0.4, -0.2) is 24.5 Å². The van der Waals surface area contributed by atoms with Crippen LogP contribution in [0.3, 0.4) is 0 Å². The summed E-state index contributed by atoms with van der Waals surface area (Å²) < 4.78 is 45.9. The molecule has 0 unspecified atom stereocenters. The lowest BCUT2D eigenvalue weighted by Crippen LogP contribution is -2.44. The van der Waals surface area contributed by atoms with E-state index in [1.165, 1.54) is 18.2 Å². The van der Waals surface area contributed by atoms with Gasteiger partial charge in [0, 0.05) is 12.5 Å². The number of rotatable bonds is 6. The normalized spacial score (nSPS) is 15.5. The molecule has 0 saturated heterocycles. The highest BCUT2D eigenvalue weighted by Crippen LogP contribution is 2.37. The molecule has 4 rings (SSSR count). The Hall–Kier alpha value is -2.98. The summed E-state index contributed by atoms with van der Waals surface area (Å²) in [7, 11) is -4.03. The Morgan fingerprint density at radius 2 is 1.84 bits per heavy atom. The van der Waals surface area contributed by atoms with Crippen LogP contribution in [0.15, 0.2) is 51.9 Å². The molecule has 0 bridgehead atoms. The van der Waals surface area contributed by atoms with E-state index in [-0.39, 0.29) is 21.2 Å². The number of benzene rings is 2. The number of aryl methyl sites for hydroxylation is 1. The van der Waals surface area contributed by atoms with E-state index in [1.807, 2.05) is 0 Å². The van der Waals surface area contributed by atoms with Crippen molar-refractivity contribution in [2.24, 2.45) is 0 Å². The van der Waals surface area contributed by atoms with Crippen LogP contribution in [0, 0.1) is 12.7 Å². The molecular formula is C21H20ClFN4O4S. The maximum absolute atomic E-state index is 13.1. The lowest BCUT2D eigenvalue weighted by molar-refractivity contribution is 0.0892. The highest BCUT2D eigenvalue weighted by molar-refractivity contribution is 7.92. The summed E-state index contributed by atoms with van der Waals surface area (Å²) in [6.45, 7) is 1.68. The second kappa shape index (κ2) is 8.51. The first-order chi connectivity index (χ1) is 15.2. The number of nitrogens with one attached hydrogen (secondary N) is 2. The molecule has 0 atom stereocenters. The number of aromatic nitrogens is 2. The number of nitrogens with zero attached hydrogens (tertiary/aromatic N) is 2. The molecule has 11 heteroatoms. The number of carbonyl (C=O) groups is 1. The van der Waals surface area contributed by atoms with Crippen LogP contribution in [0.25, 0.3) is 0 Å². The van der Waals surface area contributed by atoms with Gasteiger partial charge in [-0.1, -0.05) is 29.6 Å². The van der Waals surface area contributed by atoms with Crippen molar-refractivity contribution in [1.29, 1.82) is 0 Å². The lowest BCUT2D eigenvalue weighted by Gasteiger charge is -2.27. The largest absolute Gasteiger partial charge is 0.340 e. The number of sulfonamides is 1. The van der Waals surface area contributed by atoms with Crippen molar-refractivity contribution in [3.63, 3.8) is 0 Å². The molecule has 0 aliphatic heterocycles. The minimum atomic E-state index is -4.03. The van der Waals surface area contributed by atoms with Crippen molar-refractivity contribution in [2.75, 3.05) is 4.72 Å². The number of hydrogen-bond acceptors (Lipinski definition) is 6. The zero-order chi connectivity index (χ0) is 22.9. The smallest absolute Gasteiger partial charge is 0.261 e. The molecule has 0 radical (unpaired) electrons. The minimum absolute atomic E-state index is 0.0273. The zero-order valence-corrected chi connectivity index (χ0v) is 18.6. The van der Waals surface area contributed by atoms with Gasteiger partial charge in [0.2, 0.25) is 5.89 Å². The summed E-state index contributed by atoms with van der Waals surface area (Å²) in [5.74, 6) is -0.150. The molecule has 168 valence electrons. The fourth-order valence-electron chi connectivity index (χ4n) is 3.73. The topological polar surface area (TPSA) is 114 Å². The molecule has 1 heterocycles. The van der Waals surface area contributed by atoms with Crippen molar-refractivity contribution in [3.8, 4) is 0 Å². The molecule has 1 saturated carbocycles. The zero-order valence-electron chi connectivity index (χ0n) is 17.1. The van der Waals surface area contributed by atoms with Gasteiger partial charge in [0.25, 0.3) is 15.9 Å². The average molecular weight is 479 g/mol. The lowest BCUT2D eigenvalue weighted by atomic mass is 9.96. The number of anilines is 1. The molecule has 1 aliphatic carbocycles. The quantitative estimate of drug-likeness (QED) is 0.549. The summed E-state index contributed by atoms with van der Waals surface area (Å²) in [5, 5.41) is 7.10. The molecule has 32 heavy (non-hydrogen) atoms. The molecule has 0 spiro atoms. The maximum atomic E-state index is 13.1. The number of halogens is 2. The van der Waals surface area contributed by atoms with Crippen LogP contribution in [-0.2, 0) is 15.6 Å². The Morgan fingerprint density at radius 3 is 2.47 bits per heavy atom. The van der Waals surface area contributed by atoms with Crippen LogP contribution in [0.2, 0.25) is 5.02 Å². The fraction of sp³-hybridized carbons (Fsp3) is 0.286. The van der Waals surface area contributed by atoms with E-state index in [4.69, 9.17) is 16.1 Å². The Kier molecular flexibility index (Phi) is 5.91. The Labute approximate surface area is 189 Å². The first-order valence-electron chi connectivity index (χ1n) is 9.90. The SMILES string of the molecule is Cc1nc(C2(NC(=O)c3ccc(Cl)c(NS(=O)(=O)c4ccc(F)cc4)c3)CCCC2)no1. The Morgan fingerprint density at radius 1 is 1.16 bits per heavy atom. The van der Waals surface area contributed by atoms with E-state index in [0.717, 1.165) is 37.1 Å². The van der Waals surface area contributed by atoms with E-state index in [9.17, 15) is 17.6 Å². The predicted octanol–water partition coefficient (Wildman–Crippen LogP) is 4.17. The molecule has 3 aromatic rings. The molecular weight excluding hydrogens is 459 g/mol. The fourth-order valence-corrected chi connectivity index (χ4v) is 5.02. The van der Waals surface area contributed by atoms with Gasteiger partial charge in [0.1, 0.15) is 11.4 Å². The minimum Gasteiger partial charge on any atom is -0.340 e. The third-order valence-electron chi connectivity index (χ3n) is 5.36. The third-order valence-corrected chi connectivity index (χ3v) is 7.07. The molecule has 1 fully saturated rings. The van der Waals surface area contributed by atoms with Gasteiger partial charge in [-0.2, -0.15) is 4.98 Å². The highest BCUT2D eigenvalue weighted by atomic mass is 35.5. The van der Waals surface area contributed by atoms with Crippen LogP contribution in [0.4, 0.5) is 10.1 Å². The van der Waals surface area contributed by atoms with Crippen LogP contribution in [0.1, 0.15) is 47.8 Å². The molecule has 8 nitrogen and oxygen atoms in total. The van der Waals surface area contributed by atoms with Crippen molar-refractivity contribution in [1.82, 2.24) is 15.5 Å². The van der Waals surface area contributed by atoms with E-state index in [0.29, 0.717) is 24.6 Å². The summed E-state index contributed by atoms with van der Waals surface area (Å²) in [6, 6.07) is 8.64. The standard InChI is InChI=1S/C21H20ClFN4O4S/c1-13-24-20(26-31-13)21(10-2-3-11-21)25-19(28)14-4-9-17(22)18(12-14)27-32(29,30)16-7-5-15(23)6-8-16/h4-9,12,27H,2-3,10-11H2,1H3,(H,25,28). The highest BCUT2D eigenvalue weighted by Gasteiger charge is 2.41. The molecule has 1 amide bonds. The van der Waals surface area contributed by atoms with Gasteiger partial charge >= 0.3 is 0 Å². The number of carbonyl (C=O) groups excluding carboxylic acids is 1. The van der Waals surface area contributed by atoms with Crippen LogP contribution in [0.5, 0.6) is 0 Å². The van der Waals surface area contributed by atoms with E-state index < -0.39 is 27.3 Å². The summed E-state index contributed by atoms with van der Waals surface area (Å²) in [6.07, 6.45) is 3.12. The van der Waals surface area contributed by atoms with Gasteiger partial charge in [-0.25, -0.2) is 12.8 Å². The van der Waals surface area contributed by atoms with E-state index in [1.54, 1.807) is 6.92 Å². The maximum Gasteiger partial charge on any atom is 0.261 e. The molecule has 1 aliphatic rings. The summed E-state index contributed by atoms with van der Waals surface area (Å²) in [5.41, 5.74) is -0.514. The van der Waals surface area contributed by atoms with Gasteiger partial charge in [-0.3, -0.25) is 9.52 Å². The summed E-state index contributed by atoms with van der Waals surface area (Å²) >= 11 is 6.16. The van der Waals surface area contributed by atoms with Crippen LogP contribution < -0.4 is 10.0 Å². The van der Waals surface area contributed by atoms with Gasteiger partial charge in [0.05, 0.1) is 15.6 Å². The summed E-state index contributed by atoms with van der Waals surface area (Å²) in [4.78, 5) is 17.2. The first kappa shape index (κ1) is 22.2. The molecule has 2 aromatic carbocycles. The monoisotopic (exact) mass is 478 g/mol. The van der Waals surface area contributed by atoms with E-state index >= 15 is 0 Å². The number of hydrogen-bond donors (Lipinski definition) is 2. The molecule has 1 aromatic heterocycles. The first-order valence-corrected chi connectivity index (χ1v) is 11.8. The van der Waals surface area contributed by atoms with Gasteiger partial charge < -0.3 is 9.84 Å². The molecule has 2 N–H and O–H groups in total. The average Bonchev–Trinajstić information content (AvgIpc) is 3.40. The number of amides is 1. The third kappa shape index (κ3) is 4.46. The van der Waals surface area contributed by atoms with E-state index in [2.05, 4.69) is 20.2 Å². The Balaban J connectivity index is 1.59. The van der Waals surface area contributed by atoms with Crippen molar-refractivity contribution >= 4 is 33.2 Å².